The number of fused-ring (bicyclic) bond motifs is 2. The molecule has 98 valence electrons. The Morgan fingerprint density at radius 2 is 2.00 bits per heavy atom. The van der Waals surface area contributed by atoms with E-state index in [4.69, 9.17) is 9.47 Å². The number of rotatable bonds is 3. The van der Waals surface area contributed by atoms with Crippen LogP contribution in [0, 0.1) is 0 Å². The van der Waals surface area contributed by atoms with E-state index in [1.807, 2.05) is 6.08 Å². The molecule has 0 amide bonds. The van der Waals surface area contributed by atoms with E-state index in [0.717, 1.165) is 19.3 Å². The van der Waals surface area contributed by atoms with Crippen LogP contribution in [-0.4, -0.2) is 40.5 Å². The lowest BCUT2D eigenvalue weighted by molar-refractivity contribution is -0.0532. The fraction of sp³-hybridized carbons (Fsp3) is 0.846. The Balaban J connectivity index is 2.11. The standard InChI is InChI=1S/C13H21BrO3/c1-3-5-11-13-7-12(17-11)9(15)6-8(14)10(4-2)16-13/h3,8-13,15H,1,4-7H2,2H3/t8-,9-,10+,11-,12-,13-/m0/s1. The molecule has 0 spiro atoms. The van der Waals surface area contributed by atoms with E-state index in [0.29, 0.717) is 6.42 Å². The number of hydrogen-bond donors (Lipinski definition) is 1. The van der Waals surface area contributed by atoms with E-state index < -0.39 is 6.10 Å². The molecule has 1 N–H and O–H groups in total. The van der Waals surface area contributed by atoms with Crippen molar-refractivity contribution < 1.29 is 14.6 Å². The molecule has 0 unspecified atom stereocenters. The minimum Gasteiger partial charge on any atom is -0.390 e. The van der Waals surface area contributed by atoms with Crippen LogP contribution in [0.15, 0.2) is 12.7 Å². The van der Waals surface area contributed by atoms with Crippen LogP contribution in [0.3, 0.4) is 0 Å². The van der Waals surface area contributed by atoms with Crippen LogP contribution < -0.4 is 0 Å². The Morgan fingerprint density at radius 1 is 1.29 bits per heavy atom. The summed E-state index contributed by atoms with van der Waals surface area (Å²) in [6.07, 6.45) is 4.92. The highest BCUT2D eigenvalue weighted by Gasteiger charge is 2.43. The Morgan fingerprint density at radius 3 is 2.65 bits per heavy atom. The first-order valence-electron chi connectivity index (χ1n) is 6.39. The van der Waals surface area contributed by atoms with Crippen molar-refractivity contribution in [3.63, 3.8) is 0 Å². The Hall–Kier alpha value is 0.100. The molecule has 2 saturated heterocycles. The maximum absolute atomic E-state index is 10.1. The van der Waals surface area contributed by atoms with Gasteiger partial charge in [-0.05, 0) is 19.3 Å². The second-order valence-electron chi connectivity index (χ2n) is 4.91. The molecule has 0 aliphatic carbocycles. The summed E-state index contributed by atoms with van der Waals surface area (Å²) in [7, 11) is 0. The number of ether oxygens (including phenoxy) is 2. The van der Waals surface area contributed by atoms with Gasteiger partial charge in [0.05, 0.1) is 30.5 Å². The smallest absolute Gasteiger partial charge is 0.0877 e. The molecule has 4 heteroatoms. The molecular formula is C13H21BrO3. The summed E-state index contributed by atoms with van der Waals surface area (Å²) in [6, 6.07) is 0. The van der Waals surface area contributed by atoms with Gasteiger partial charge in [0.1, 0.15) is 0 Å². The van der Waals surface area contributed by atoms with Gasteiger partial charge in [-0.2, -0.15) is 0 Å². The summed E-state index contributed by atoms with van der Waals surface area (Å²) in [6.45, 7) is 5.86. The lowest BCUT2D eigenvalue weighted by atomic mass is 9.97. The molecule has 17 heavy (non-hydrogen) atoms. The van der Waals surface area contributed by atoms with Gasteiger partial charge >= 0.3 is 0 Å². The molecule has 0 aromatic carbocycles. The predicted octanol–water partition coefficient (Wildman–Crippen LogP) is 2.41. The summed E-state index contributed by atoms with van der Waals surface area (Å²) < 4.78 is 12.0. The van der Waals surface area contributed by atoms with Crippen molar-refractivity contribution in [2.45, 2.75) is 68.0 Å². The summed E-state index contributed by atoms with van der Waals surface area (Å²) in [5.41, 5.74) is 0. The lowest BCUT2D eigenvalue weighted by Crippen LogP contribution is -2.38. The highest BCUT2D eigenvalue weighted by atomic mass is 79.9. The number of alkyl halides is 1. The molecule has 2 fully saturated rings. The van der Waals surface area contributed by atoms with Crippen molar-refractivity contribution in [1.29, 1.82) is 0 Å². The molecule has 0 aromatic rings. The molecule has 2 bridgehead atoms. The molecule has 6 atom stereocenters. The van der Waals surface area contributed by atoms with Crippen molar-refractivity contribution in [2.75, 3.05) is 0 Å². The minimum atomic E-state index is -0.394. The van der Waals surface area contributed by atoms with Gasteiger partial charge in [0.25, 0.3) is 0 Å². The maximum Gasteiger partial charge on any atom is 0.0877 e. The largest absolute Gasteiger partial charge is 0.390 e. The fourth-order valence-corrected chi connectivity index (χ4v) is 3.59. The monoisotopic (exact) mass is 304 g/mol. The van der Waals surface area contributed by atoms with Crippen LogP contribution in [0.4, 0.5) is 0 Å². The molecule has 0 radical (unpaired) electrons. The molecule has 2 rings (SSSR count). The zero-order valence-electron chi connectivity index (χ0n) is 10.2. The number of aliphatic hydroxyl groups excluding tert-OH is 1. The molecule has 3 nitrogen and oxygen atoms in total. The van der Waals surface area contributed by atoms with Gasteiger partial charge < -0.3 is 14.6 Å². The quantitative estimate of drug-likeness (QED) is 0.643. The normalized spacial score (nSPS) is 46.3. The van der Waals surface area contributed by atoms with Gasteiger partial charge in [-0.25, -0.2) is 0 Å². The Labute approximate surface area is 111 Å². The molecule has 2 aliphatic rings. The first-order chi connectivity index (χ1) is 8.15. The summed E-state index contributed by atoms with van der Waals surface area (Å²) >= 11 is 3.62. The van der Waals surface area contributed by atoms with Crippen LogP contribution in [0.2, 0.25) is 0 Å². The third-order valence-corrected chi connectivity index (χ3v) is 4.64. The Kier molecular flexibility index (Phi) is 4.64. The van der Waals surface area contributed by atoms with E-state index in [-0.39, 0.29) is 29.2 Å². The Bertz CT molecular complexity index is 271. The van der Waals surface area contributed by atoms with E-state index in [9.17, 15) is 5.11 Å². The second kappa shape index (κ2) is 5.83. The molecule has 2 aliphatic heterocycles. The topological polar surface area (TPSA) is 38.7 Å². The van der Waals surface area contributed by atoms with Crippen LogP contribution in [-0.2, 0) is 9.47 Å². The van der Waals surface area contributed by atoms with E-state index in [2.05, 4.69) is 29.4 Å². The molecule has 0 saturated carbocycles. The fourth-order valence-electron chi connectivity index (χ4n) is 2.71. The van der Waals surface area contributed by atoms with Gasteiger partial charge in [0.2, 0.25) is 0 Å². The highest BCUT2D eigenvalue weighted by molar-refractivity contribution is 9.09. The zero-order valence-corrected chi connectivity index (χ0v) is 11.8. The second-order valence-corrected chi connectivity index (χ2v) is 6.09. The third kappa shape index (κ3) is 2.92. The van der Waals surface area contributed by atoms with Gasteiger partial charge in [-0.1, -0.05) is 28.9 Å². The van der Waals surface area contributed by atoms with Gasteiger partial charge in [-0.3, -0.25) is 0 Å². The number of hydrogen-bond acceptors (Lipinski definition) is 3. The van der Waals surface area contributed by atoms with Gasteiger partial charge in [-0.15, -0.1) is 6.58 Å². The van der Waals surface area contributed by atoms with Gasteiger partial charge in [0.15, 0.2) is 0 Å². The first-order valence-corrected chi connectivity index (χ1v) is 7.31. The van der Waals surface area contributed by atoms with Gasteiger partial charge in [0, 0.05) is 11.2 Å². The third-order valence-electron chi connectivity index (χ3n) is 3.68. The summed E-state index contributed by atoms with van der Waals surface area (Å²) in [5, 5.41) is 10.1. The molecular weight excluding hydrogens is 284 g/mol. The zero-order chi connectivity index (χ0) is 12.4. The van der Waals surface area contributed by atoms with Crippen LogP contribution in [0.5, 0.6) is 0 Å². The summed E-state index contributed by atoms with van der Waals surface area (Å²) in [4.78, 5) is 0.207. The lowest BCUT2D eigenvalue weighted by Gasteiger charge is -2.30. The molecule has 0 aromatic heterocycles. The predicted molar refractivity (Wildman–Crippen MR) is 70.4 cm³/mol. The van der Waals surface area contributed by atoms with Crippen molar-refractivity contribution >= 4 is 15.9 Å². The maximum atomic E-state index is 10.1. The van der Waals surface area contributed by atoms with Crippen molar-refractivity contribution in [3.8, 4) is 0 Å². The number of halogens is 1. The average Bonchev–Trinajstić information content (AvgIpc) is 2.69. The highest BCUT2D eigenvalue weighted by Crippen LogP contribution is 2.35. The van der Waals surface area contributed by atoms with Crippen molar-refractivity contribution in [1.82, 2.24) is 0 Å². The SMILES string of the molecule is C=CC[C@@H]1O[C@H]2C[C@@H]1O[C@H](CC)[C@@H](Br)C[C@@H]2O. The van der Waals surface area contributed by atoms with E-state index >= 15 is 0 Å². The summed E-state index contributed by atoms with van der Waals surface area (Å²) in [5.74, 6) is 0. The average molecular weight is 305 g/mol. The van der Waals surface area contributed by atoms with Crippen molar-refractivity contribution in [2.24, 2.45) is 0 Å². The number of aliphatic hydroxyl groups is 1. The minimum absolute atomic E-state index is 0.0546. The van der Waals surface area contributed by atoms with E-state index in [1.54, 1.807) is 0 Å². The molecule has 2 heterocycles. The van der Waals surface area contributed by atoms with Crippen LogP contribution >= 0.6 is 15.9 Å². The van der Waals surface area contributed by atoms with E-state index in [1.165, 1.54) is 0 Å². The van der Waals surface area contributed by atoms with Crippen molar-refractivity contribution in [3.05, 3.63) is 12.7 Å². The van der Waals surface area contributed by atoms with Crippen LogP contribution in [0.25, 0.3) is 0 Å². The first kappa shape index (κ1) is 13.5. The van der Waals surface area contributed by atoms with Crippen LogP contribution in [0.1, 0.15) is 32.6 Å².